The molecule has 1 heterocycles. The number of fused-ring (bicyclic) bond motifs is 1. The van der Waals surface area contributed by atoms with Crippen molar-refractivity contribution in [3.63, 3.8) is 0 Å². The monoisotopic (exact) mass is 305 g/mol. The van der Waals surface area contributed by atoms with Crippen LogP contribution in [-0.4, -0.2) is 7.05 Å². The van der Waals surface area contributed by atoms with E-state index in [2.05, 4.69) is 5.32 Å². The Morgan fingerprint density at radius 3 is 2.90 bits per heavy atom. The van der Waals surface area contributed by atoms with Gasteiger partial charge in [-0.25, -0.2) is 4.39 Å². The van der Waals surface area contributed by atoms with Crippen molar-refractivity contribution in [3.05, 3.63) is 59.1 Å². The van der Waals surface area contributed by atoms with Crippen LogP contribution in [0, 0.1) is 5.82 Å². The van der Waals surface area contributed by atoms with Crippen LogP contribution < -0.4 is 10.1 Å². The highest BCUT2D eigenvalue weighted by molar-refractivity contribution is 6.30. The van der Waals surface area contributed by atoms with Gasteiger partial charge in [0.05, 0.1) is 11.3 Å². The molecule has 0 atom stereocenters. The average Bonchev–Trinajstić information content (AvgIpc) is 2.92. The van der Waals surface area contributed by atoms with E-state index >= 15 is 0 Å². The first-order valence-corrected chi connectivity index (χ1v) is 6.83. The van der Waals surface area contributed by atoms with Crippen LogP contribution in [0.1, 0.15) is 5.56 Å². The fourth-order valence-electron chi connectivity index (χ4n) is 2.13. The Bertz CT molecular complexity index is 785. The third kappa shape index (κ3) is 2.86. The van der Waals surface area contributed by atoms with Crippen molar-refractivity contribution in [3.8, 4) is 11.5 Å². The van der Waals surface area contributed by atoms with E-state index in [0.717, 1.165) is 11.0 Å². The Morgan fingerprint density at radius 2 is 2.10 bits per heavy atom. The molecule has 5 heteroatoms. The van der Waals surface area contributed by atoms with Crippen LogP contribution in [0.3, 0.4) is 0 Å². The standard InChI is InChI=1S/C16H13ClFNO2/c1-19-9-11-7-14(18)13(17)8-16(11)21-12-2-3-15-10(6-12)4-5-20-15/h2-8,19H,9H2,1H3. The van der Waals surface area contributed by atoms with E-state index in [0.29, 0.717) is 23.6 Å². The van der Waals surface area contributed by atoms with Gasteiger partial charge in [-0.05, 0) is 37.4 Å². The van der Waals surface area contributed by atoms with Gasteiger partial charge in [0.1, 0.15) is 22.9 Å². The second kappa shape index (κ2) is 5.76. The highest BCUT2D eigenvalue weighted by Gasteiger charge is 2.11. The van der Waals surface area contributed by atoms with Gasteiger partial charge in [0, 0.05) is 23.6 Å². The Kier molecular flexibility index (Phi) is 3.82. The molecule has 0 spiro atoms. The SMILES string of the molecule is CNCc1cc(F)c(Cl)cc1Oc1ccc2occc2c1. The first-order valence-electron chi connectivity index (χ1n) is 6.45. The molecule has 0 unspecified atom stereocenters. The zero-order valence-corrected chi connectivity index (χ0v) is 12.1. The lowest BCUT2D eigenvalue weighted by molar-refractivity contribution is 0.472. The quantitative estimate of drug-likeness (QED) is 0.756. The molecule has 0 bridgehead atoms. The van der Waals surface area contributed by atoms with Crippen LogP contribution in [0.15, 0.2) is 47.1 Å². The molecule has 3 aromatic rings. The topological polar surface area (TPSA) is 34.4 Å². The van der Waals surface area contributed by atoms with Gasteiger partial charge in [0.25, 0.3) is 0 Å². The minimum atomic E-state index is -0.459. The number of hydrogen-bond donors (Lipinski definition) is 1. The molecule has 0 aliphatic carbocycles. The summed E-state index contributed by atoms with van der Waals surface area (Å²) in [6.07, 6.45) is 1.62. The number of benzene rings is 2. The molecular formula is C16H13ClFNO2. The first-order chi connectivity index (χ1) is 10.2. The van der Waals surface area contributed by atoms with Gasteiger partial charge in [0.2, 0.25) is 0 Å². The maximum absolute atomic E-state index is 13.6. The zero-order valence-electron chi connectivity index (χ0n) is 11.3. The van der Waals surface area contributed by atoms with Crippen LogP contribution in [0.5, 0.6) is 11.5 Å². The molecule has 2 aromatic carbocycles. The smallest absolute Gasteiger partial charge is 0.142 e. The Balaban J connectivity index is 1.97. The summed E-state index contributed by atoms with van der Waals surface area (Å²) in [5.74, 6) is 0.710. The number of ether oxygens (including phenoxy) is 1. The van der Waals surface area contributed by atoms with Gasteiger partial charge >= 0.3 is 0 Å². The normalized spacial score (nSPS) is 11.0. The van der Waals surface area contributed by atoms with Crippen LogP contribution >= 0.6 is 11.6 Å². The number of halogens is 2. The van der Waals surface area contributed by atoms with Crippen molar-refractivity contribution in [2.45, 2.75) is 6.54 Å². The molecule has 1 N–H and O–H groups in total. The Morgan fingerprint density at radius 1 is 1.24 bits per heavy atom. The van der Waals surface area contributed by atoms with Gasteiger partial charge in [0.15, 0.2) is 0 Å². The Labute approximate surface area is 126 Å². The molecule has 0 radical (unpaired) electrons. The summed E-state index contributed by atoms with van der Waals surface area (Å²) in [7, 11) is 1.79. The highest BCUT2D eigenvalue weighted by atomic mass is 35.5. The molecule has 0 saturated carbocycles. The first kappa shape index (κ1) is 13.9. The summed E-state index contributed by atoms with van der Waals surface area (Å²) in [5.41, 5.74) is 1.49. The summed E-state index contributed by atoms with van der Waals surface area (Å²) in [6, 6.07) is 10.2. The molecule has 3 rings (SSSR count). The van der Waals surface area contributed by atoms with Crippen molar-refractivity contribution in [1.82, 2.24) is 5.32 Å². The summed E-state index contributed by atoms with van der Waals surface area (Å²) < 4.78 is 24.7. The summed E-state index contributed by atoms with van der Waals surface area (Å²) in [5, 5.41) is 3.95. The largest absolute Gasteiger partial charge is 0.464 e. The van der Waals surface area contributed by atoms with Crippen molar-refractivity contribution < 1.29 is 13.5 Å². The van der Waals surface area contributed by atoms with Gasteiger partial charge in [-0.15, -0.1) is 0 Å². The molecule has 108 valence electrons. The third-order valence-electron chi connectivity index (χ3n) is 3.12. The molecule has 0 aliphatic rings. The minimum absolute atomic E-state index is 0.0363. The lowest BCUT2D eigenvalue weighted by Crippen LogP contribution is -2.07. The second-order valence-corrected chi connectivity index (χ2v) is 5.03. The van der Waals surface area contributed by atoms with E-state index in [1.807, 2.05) is 18.2 Å². The van der Waals surface area contributed by atoms with E-state index in [-0.39, 0.29) is 5.02 Å². The van der Waals surface area contributed by atoms with Crippen molar-refractivity contribution >= 4 is 22.6 Å². The van der Waals surface area contributed by atoms with Crippen molar-refractivity contribution in [2.75, 3.05) is 7.05 Å². The summed E-state index contributed by atoms with van der Waals surface area (Å²) in [6.45, 7) is 0.484. The number of nitrogens with one attached hydrogen (secondary N) is 1. The van der Waals surface area contributed by atoms with Crippen LogP contribution in [0.25, 0.3) is 11.0 Å². The molecule has 0 fully saturated rings. The van der Waals surface area contributed by atoms with Gasteiger partial charge < -0.3 is 14.5 Å². The van der Waals surface area contributed by atoms with Crippen molar-refractivity contribution in [2.24, 2.45) is 0 Å². The van der Waals surface area contributed by atoms with E-state index in [1.54, 1.807) is 19.4 Å². The lowest BCUT2D eigenvalue weighted by Gasteiger charge is -2.12. The minimum Gasteiger partial charge on any atom is -0.464 e. The summed E-state index contributed by atoms with van der Waals surface area (Å²) >= 11 is 5.84. The predicted octanol–water partition coefficient (Wildman–Crippen LogP) is 4.74. The number of rotatable bonds is 4. The third-order valence-corrected chi connectivity index (χ3v) is 3.41. The second-order valence-electron chi connectivity index (χ2n) is 4.63. The lowest BCUT2D eigenvalue weighted by atomic mass is 10.2. The molecule has 0 amide bonds. The summed E-state index contributed by atoms with van der Waals surface area (Å²) in [4.78, 5) is 0. The average molecular weight is 306 g/mol. The van der Waals surface area contributed by atoms with Crippen LogP contribution in [0.4, 0.5) is 4.39 Å². The van der Waals surface area contributed by atoms with E-state index in [1.165, 1.54) is 12.1 Å². The molecule has 21 heavy (non-hydrogen) atoms. The van der Waals surface area contributed by atoms with Crippen LogP contribution in [-0.2, 0) is 6.54 Å². The fraction of sp³-hybridized carbons (Fsp3) is 0.125. The van der Waals surface area contributed by atoms with Gasteiger partial charge in [-0.2, -0.15) is 0 Å². The molecule has 1 aromatic heterocycles. The highest BCUT2D eigenvalue weighted by Crippen LogP contribution is 2.32. The van der Waals surface area contributed by atoms with E-state index in [9.17, 15) is 4.39 Å². The van der Waals surface area contributed by atoms with Crippen molar-refractivity contribution in [1.29, 1.82) is 0 Å². The van der Waals surface area contributed by atoms with E-state index < -0.39 is 5.82 Å². The number of furan rings is 1. The fourth-order valence-corrected chi connectivity index (χ4v) is 2.28. The molecular weight excluding hydrogens is 293 g/mol. The maximum atomic E-state index is 13.6. The maximum Gasteiger partial charge on any atom is 0.142 e. The molecule has 0 saturated heterocycles. The molecule has 0 aliphatic heterocycles. The van der Waals surface area contributed by atoms with Gasteiger partial charge in [-0.3, -0.25) is 0 Å². The van der Waals surface area contributed by atoms with Gasteiger partial charge in [-0.1, -0.05) is 11.6 Å². The van der Waals surface area contributed by atoms with Crippen LogP contribution in [0.2, 0.25) is 5.02 Å². The molecule has 3 nitrogen and oxygen atoms in total. The predicted molar refractivity (Wildman–Crippen MR) is 80.5 cm³/mol. The Hall–Kier alpha value is -2.04. The number of hydrogen-bond acceptors (Lipinski definition) is 3. The zero-order chi connectivity index (χ0) is 14.8. The van der Waals surface area contributed by atoms with E-state index in [4.69, 9.17) is 20.8 Å².